The van der Waals surface area contributed by atoms with Crippen molar-refractivity contribution in [1.82, 2.24) is 5.32 Å². The highest BCUT2D eigenvalue weighted by Gasteiger charge is 2.30. The smallest absolute Gasteiger partial charge is 0.364 e. The summed E-state index contributed by atoms with van der Waals surface area (Å²) in [6.07, 6.45) is 1.90. The van der Waals surface area contributed by atoms with Crippen molar-refractivity contribution in [1.29, 1.82) is 0 Å². The molecule has 122 valence electrons. The van der Waals surface area contributed by atoms with Gasteiger partial charge in [0.2, 0.25) is 0 Å². The lowest BCUT2D eigenvalue weighted by Gasteiger charge is -2.34. The van der Waals surface area contributed by atoms with Gasteiger partial charge in [-0.15, -0.1) is 0 Å². The molecule has 0 aliphatic rings. The van der Waals surface area contributed by atoms with Crippen LogP contribution in [0.15, 0.2) is 0 Å². The lowest BCUT2D eigenvalue weighted by atomic mass is 9.72. The fourth-order valence-corrected chi connectivity index (χ4v) is 2.66. The van der Waals surface area contributed by atoms with E-state index in [9.17, 15) is 14.4 Å². The standard InChI is InChI=1S/C15H27NO4S/c1-6-11(17)7-14(2,3)9-15(4,5)10-16-12(18)8-20-13(19)21/h6-10H2,1-5H3,(H,16,18)(H,19,21). The van der Waals surface area contributed by atoms with Crippen molar-refractivity contribution < 1.29 is 19.1 Å². The molecule has 0 radical (unpaired) electrons. The van der Waals surface area contributed by atoms with Crippen LogP contribution in [-0.4, -0.2) is 30.1 Å². The zero-order chi connectivity index (χ0) is 16.7. The van der Waals surface area contributed by atoms with Gasteiger partial charge < -0.3 is 10.1 Å². The van der Waals surface area contributed by atoms with E-state index in [2.05, 4.69) is 36.5 Å². The van der Waals surface area contributed by atoms with Gasteiger partial charge in [-0.25, -0.2) is 4.79 Å². The minimum Gasteiger partial charge on any atom is -0.448 e. The number of thiol groups is 1. The molecule has 0 rings (SSSR count). The number of carbonyl (C=O) groups excluding carboxylic acids is 3. The van der Waals surface area contributed by atoms with E-state index in [-0.39, 0.29) is 29.1 Å². The minimum absolute atomic E-state index is 0.112. The van der Waals surface area contributed by atoms with Gasteiger partial charge in [-0.2, -0.15) is 0 Å². The summed E-state index contributed by atoms with van der Waals surface area (Å²) in [6.45, 7) is 10.2. The summed E-state index contributed by atoms with van der Waals surface area (Å²) in [7, 11) is 0. The van der Waals surface area contributed by atoms with E-state index < -0.39 is 5.30 Å². The highest BCUT2D eigenvalue weighted by molar-refractivity contribution is 7.96. The third-order valence-electron chi connectivity index (χ3n) is 3.12. The van der Waals surface area contributed by atoms with E-state index in [1.807, 2.05) is 20.8 Å². The first-order valence-corrected chi connectivity index (χ1v) is 7.56. The lowest BCUT2D eigenvalue weighted by Crippen LogP contribution is -2.38. The maximum Gasteiger partial charge on any atom is 0.364 e. The predicted molar refractivity (Wildman–Crippen MR) is 85.4 cm³/mol. The van der Waals surface area contributed by atoms with Crippen molar-refractivity contribution in [3.63, 3.8) is 0 Å². The van der Waals surface area contributed by atoms with Gasteiger partial charge in [-0.05, 0) is 17.3 Å². The number of ether oxygens (including phenoxy) is 1. The van der Waals surface area contributed by atoms with Gasteiger partial charge >= 0.3 is 5.30 Å². The van der Waals surface area contributed by atoms with Gasteiger partial charge in [0.1, 0.15) is 5.78 Å². The number of amides is 1. The molecular weight excluding hydrogens is 290 g/mol. The lowest BCUT2D eigenvalue weighted by molar-refractivity contribution is -0.124. The molecule has 0 fully saturated rings. The van der Waals surface area contributed by atoms with E-state index in [0.717, 1.165) is 6.42 Å². The number of hydrogen-bond donors (Lipinski definition) is 2. The normalized spacial score (nSPS) is 11.9. The zero-order valence-electron chi connectivity index (χ0n) is 13.6. The van der Waals surface area contributed by atoms with Crippen molar-refractivity contribution in [2.75, 3.05) is 13.2 Å². The zero-order valence-corrected chi connectivity index (χ0v) is 14.5. The van der Waals surface area contributed by atoms with Gasteiger partial charge in [0.15, 0.2) is 6.61 Å². The molecule has 6 heteroatoms. The molecule has 0 bridgehead atoms. The number of ketones is 1. The highest BCUT2D eigenvalue weighted by atomic mass is 32.1. The third kappa shape index (κ3) is 10.3. The summed E-state index contributed by atoms with van der Waals surface area (Å²) in [5.41, 5.74) is -0.267. The van der Waals surface area contributed by atoms with E-state index >= 15 is 0 Å². The van der Waals surface area contributed by atoms with Gasteiger partial charge in [0.25, 0.3) is 5.91 Å². The molecule has 1 amide bonds. The molecular formula is C15H27NO4S. The highest BCUT2D eigenvalue weighted by Crippen LogP contribution is 2.36. The molecule has 0 heterocycles. The summed E-state index contributed by atoms with van der Waals surface area (Å²) in [5, 5.41) is 1.96. The van der Waals surface area contributed by atoms with Crippen LogP contribution in [0.25, 0.3) is 0 Å². The van der Waals surface area contributed by atoms with Crippen LogP contribution < -0.4 is 5.32 Å². The fraction of sp³-hybridized carbons (Fsp3) is 0.800. The van der Waals surface area contributed by atoms with E-state index in [1.54, 1.807) is 0 Å². The maximum absolute atomic E-state index is 11.6. The van der Waals surface area contributed by atoms with Crippen LogP contribution in [0.3, 0.4) is 0 Å². The first-order chi connectivity index (χ1) is 9.47. The second-order valence-electron chi connectivity index (χ2n) is 6.91. The van der Waals surface area contributed by atoms with Gasteiger partial charge in [-0.1, -0.05) is 47.2 Å². The molecule has 0 spiro atoms. The Morgan fingerprint density at radius 3 is 2.14 bits per heavy atom. The van der Waals surface area contributed by atoms with Crippen molar-refractivity contribution in [2.24, 2.45) is 10.8 Å². The summed E-state index contributed by atoms with van der Waals surface area (Å²) in [5.74, 6) is -0.103. The molecule has 0 aromatic heterocycles. The van der Waals surface area contributed by atoms with Crippen LogP contribution in [0.4, 0.5) is 4.79 Å². The Morgan fingerprint density at radius 1 is 1.10 bits per heavy atom. The molecule has 0 unspecified atom stereocenters. The number of rotatable bonds is 9. The Bertz CT molecular complexity index is 391. The molecule has 0 aromatic carbocycles. The van der Waals surface area contributed by atoms with Crippen LogP contribution >= 0.6 is 12.6 Å². The molecule has 0 aromatic rings. The Balaban J connectivity index is 4.32. The average Bonchev–Trinajstić information content (AvgIpc) is 2.31. The molecule has 0 atom stereocenters. The summed E-state index contributed by atoms with van der Waals surface area (Å²) in [4.78, 5) is 33.6. The van der Waals surface area contributed by atoms with Crippen LogP contribution in [-0.2, 0) is 14.3 Å². The molecule has 21 heavy (non-hydrogen) atoms. The van der Waals surface area contributed by atoms with Gasteiger partial charge in [0, 0.05) is 19.4 Å². The summed E-state index contributed by atoms with van der Waals surface area (Å²) < 4.78 is 4.51. The molecule has 0 aliphatic carbocycles. The van der Waals surface area contributed by atoms with E-state index in [1.165, 1.54) is 0 Å². The van der Waals surface area contributed by atoms with Gasteiger partial charge in [-0.3, -0.25) is 9.59 Å². The molecule has 0 saturated heterocycles. The third-order valence-corrected chi connectivity index (χ3v) is 3.25. The summed E-state index contributed by atoms with van der Waals surface area (Å²) >= 11 is 3.42. The number of hydrogen-bond acceptors (Lipinski definition) is 4. The quantitative estimate of drug-likeness (QED) is 0.506. The molecule has 0 aliphatic heterocycles. The van der Waals surface area contributed by atoms with Crippen LogP contribution in [0.2, 0.25) is 0 Å². The van der Waals surface area contributed by atoms with Crippen LogP contribution in [0.5, 0.6) is 0 Å². The van der Waals surface area contributed by atoms with Crippen molar-refractivity contribution in [3.05, 3.63) is 0 Å². The molecule has 1 N–H and O–H groups in total. The SMILES string of the molecule is CCC(=O)CC(C)(C)CC(C)(C)CNC(=O)COC(=O)S. The van der Waals surface area contributed by atoms with Crippen molar-refractivity contribution >= 4 is 29.6 Å². The largest absolute Gasteiger partial charge is 0.448 e. The fourth-order valence-electron chi connectivity index (χ4n) is 2.60. The molecule has 0 saturated carbocycles. The summed E-state index contributed by atoms with van der Waals surface area (Å²) in [6, 6.07) is 0. The van der Waals surface area contributed by atoms with E-state index in [0.29, 0.717) is 19.4 Å². The second kappa shape index (κ2) is 8.41. The topological polar surface area (TPSA) is 72.5 Å². The minimum atomic E-state index is -0.774. The Kier molecular flexibility index (Phi) is 8.00. The number of carbonyl (C=O) groups is 3. The Hall–Kier alpha value is -1.04. The Morgan fingerprint density at radius 2 is 1.67 bits per heavy atom. The average molecular weight is 317 g/mol. The Labute approximate surface area is 132 Å². The number of nitrogens with one attached hydrogen (secondary N) is 1. The van der Waals surface area contributed by atoms with Crippen molar-refractivity contribution in [3.8, 4) is 0 Å². The number of Topliss-reactive ketones (excluding diaryl/α,β-unsaturated/α-hetero) is 1. The maximum atomic E-state index is 11.6. The monoisotopic (exact) mass is 317 g/mol. The van der Waals surface area contributed by atoms with Crippen molar-refractivity contribution in [2.45, 2.75) is 53.9 Å². The molecule has 5 nitrogen and oxygen atoms in total. The first-order valence-electron chi connectivity index (χ1n) is 7.11. The van der Waals surface area contributed by atoms with E-state index in [4.69, 9.17) is 0 Å². The van der Waals surface area contributed by atoms with Crippen LogP contribution in [0.1, 0.15) is 53.9 Å². The van der Waals surface area contributed by atoms with Gasteiger partial charge in [0.05, 0.1) is 0 Å². The predicted octanol–water partition coefficient (Wildman–Crippen LogP) is 2.98. The second-order valence-corrected chi connectivity index (χ2v) is 7.27. The first kappa shape index (κ1) is 20.0. The van der Waals surface area contributed by atoms with Crippen LogP contribution in [0, 0.1) is 10.8 Å².